The maximum absolute atomic E-state index is 13.3. The Morgan fingerprint density at radius 1 is 1.31 bits per heavy atom. The van der Waals surface area contributed by atoms with Crippen LogP contribution in [0, 0.1) is 5.92 Å². The fourth-order valence-electron chi connectivity index (χ4n) is 3.66. The van der Waals surface area contributed by atoms with E-state index in [0.29, 0.717) is 35.9 Å². The lowest BCUT2D eigenvalue weighted by atomic mass is 10.1. The van der Waals surface area contributed by atoms with Crippen molar-refractivity contribution in [1.82, 2.24) is 19.7 Å². The number of ether oxygens (including phenoxy) is 1. The predicted octanol–water partition coefficient (Wildman–Crippen LogP) is 3.86. The molecule has 0 atom stereocenters. The Kier molecular flexibility index (Phi) is 6.36. The van der Waals surface area contributed by atoms with Gasteiger partial charge >= 0.3 is 0 Å². The molecule has 4 rings (SSSR count). The Labute approximate surface area is 177 Å². The topological polar surface area (TPSA) is 83.0 Å². The molecule has 0 N–H and O–H groups in total. The van der Waals surface area contributed by atoms with E-state index in [2.05, 4.69) is 24.0 Å². The molecule has 0 fully saturated rings. The summed E-state index contributed by atoms with van der Waals surface area (Å²) in [6.45, 7) is 5.45. The number of hydrogen-bond donors (Lipinski definition) is 0. The molecule has 156 valence electrons. The second kappa shape index (κ2) is 8.97. The molecule has 0 bridgehead atoms. The molecule has 1 aliphatic rings. The number of aryl methyl sites for hydroxylation is 2. The van der Waals surface area contributed by atoms with Crippen molar-refractivity contribution in [3.63, 3.8) is 0 Å². The molecule has 0 aliphatic heterocycles. The van der Waals surface area contributed by atoms with Crippen molar-refractivity contribution < 1.29 is 9.26 Å². The van der Waals surface area contributed by atoms with Crippen LogP contribution in [0.2, 0.25) is 0 Å². The molecule has 0 saturated heterocycles. The minimum Gasteiger partial charge on any atom is -0.385 e. The third-order valence-electron chi connectivity index (χ3n) is 4.95. The van der Waals surface area contributed by atoms with Gasteiger partial charge in [0.2, 0.25) is 5.89 Å². The molecule has 29 heavy (non-hydrogen) atoms. The first kappa shape index (κ1) is 20.6. The van der Waals surface area contributed by atoms with Gasteiger partial charge in [0.05, 0.1) is 11.1 Å². The van der Waals surface area contributed by atoms with E-state index < -0.39 is 0 Å². The van der Waals surface area contributed by atoms with E-state index in [4.69, 9.17) is 14.2 Å². The van der Waals surface area contributed by atoms with Crippen LogP contribution >= 0.6 is 23.1 Å². The highest BCUT2D eigenvalue weighted by molar-refractivity contribution is 7.98. The summed E-state index contributed by atoms with van der Waals surface area (Å²) in [6.07, 6.45) is 4.73. The molecular weight excluding hydrogens is 408 g/mol. The Balaban J connectivity index is 1.62. The van der Waals surface area contributed by atoms with E-state index in [1.165, 1.54) is 22.2 Å². The minimum absolute atomic E-state index is 0.0685. The molecule has 0 unspecified atom stereocenters. The van der Waals surface area contributed by atoms with Gasteiger partial charge in [-0.3, -0.25) is 9.36 Å². The molecule has 3 aromatic heterocycles. The van der Waals surface area contributed by atoms with Crippen molar-refractivity contribution in [1.29, 1.82) is 0 Å². The molecule has 0 amide bonds. The highest BCUT2D eigenvalue weighted by atomic mass is 32.2. The molecule has 7 nitrogen and oxygen atoms in total. The summed E-state index contributed by atoms with van der Waals surface area (Å²) in [7, 11) is 1.68. The van der Waals surface area contributed by atoms with Crippen molar-refractivity contribution in [2.75, 3.05) is 13.7 Å². The zero-order valence-electron chi connectivity index (χ0n) is 17.1. The SMILES string of the molecule is COCCCn1c(SCc2nc(CC(C)C)no2)nc2sc3c(c2c1=O)CCC3. The van der Waals surface area contributed by atoms with Crippen molar-refractivity contribution in [3.8, 4) is 0 Å². The second-order valence-electron chi connectivity index (χ2n) is 7.73. The quantitative estimate of drug-likeness (QED) is 0.287. The number of thioether (sulfide) groups is 1. The number of hydrogen-bond acceptors (Lipinski definition) is 8. The van der Waals surface area contributed by atoms with E-state index in [0.717, 1.165) is 48.1 Å². The van der Waals surface area contributed by atoms with Gasteiger partial charge < -0.3 is 9.26 Å². The summed E-state index contributed by atoms with van der Waals surface area (Å²) < 4.78 is 12.4. The van der Waals surface area contributed by atoms with Gasteiger partial charge in [-0.1, -0.05) is 30.8 Å². The van der Waals surface area contributed by atoms with Gasteiger partial charge in [-0.25, -0.2) is 4.98 Å². The number of methoxy groups -OCH3 is 1. The van der Waals surface area contributed by atoms with Crippen LogP contribution in [-0.2, 0) is 36.3 Å². The predicted molar refractivity (Wildman–Crippen MR) is 115 cm³/mol. The smallest absolute Gasteiger partial charge is 0.263 e. The van der Waals surface area contributed by atoms with Crippen LogP contribution in [0.5, 0.6) is 0 Å². The summed E-state index contributed by atoms with van der Waals surface area (Å²) in [6, 6.07) is 0. The van der Waals surface area contributed by atoms with Gasteiger partial charge in [-0.05, 0) is 37.2 Å². The maximum atomic E-state index is 13.3. The van der Waals surface area contributed by atoms with E-state index >= 15 is 0 Å². The number of fused-ring (bicyclic) bond motifs is 3. The third kappa shape index (κ3) is 4.41. The molecular formula is C20H26N4O3S2. The molecule has 0 saturated carbocycles. The number of rotatable bonds is 9. The fraction of sp³-hybridized carbons (Fsp3) is 0.600. The number of thiophene rings is 1. The van der Waals surface area contributed by atoms with Crippen LogP contribution in [-0.4, -0.2) is 33.4 Å². The van der Waals surface area contributed by atoms with Crippen LogP contribution in [0.4, 0.5) is 0 Å². The zero-order chi connectivity index (χ0) is 20.4. The lowest BCUT2D eigenvalue weighted by molar-refractivity contribution is 0.189. The molecule has 3 heterocycles. The Hall–Kier alpha value is -1.71. The lowest BCUT2D eigenvalue weighted by Gasteiger charge is -2.11. The Morgan fingerprint density at radius 2 is 2.17 bits per heavy atom. The summed E-state index contributed by atoms with van der Waals surface area (Å²) in [4.78, 5) is 24.8. The highest BCUT2D eigenvalue weighted by Crippen LogP contribution is 2.35. The first-order chi connectivity index (χ1) is 14.1. The van der Waals surface area contributed by atoms with Gasteiger partial charge in [0.25, 0.3) is 5.56 Å². The molecule has 1 aliphatic carbocycles. The molecule has 9 heteroatoms. The van der Waals surface area contributed by atoms with Crippen LogP contribution in [0.3, 0.4) is 0 Å². The maximum Gasteiger partial charge on any atom is 0.263 e. The summed E-state index contributed by atoms with van der Waals surface area (Å²) >= 11 is 3.15. The first-order valence-corrected chi connectivity index (χ1v) is 11.8. The van der Waals surface area contributed by atoms with Crippen LogP contribution < -0.4 is 5.56 Å². The van der Waals surface area contributed by atoms with E-state index in [1.54, 1.807) is 23.0 Å². The molecule has 0 radical (unpaired) electrons. The summed E-state index contributed by atoms with van der Waals surface area (Å²) in [5, 5.41) is 5.58. The second-order valence-corrected chi connectivity index (χ2v) is 9.75. The molecule has 0 spiro atoms. The minimum atomic E-state index is 0.0685. The van der Waals surface area contributed by atoms with Crippen molar-refractivity contribution >= 4 is 33.3 Å². The summed E-state index contributed by atoms with van der Waals surface area (Å²) in [5.41, 5.74) is 1.29. The van der Waals surface area contributed by atoms with Gasteiger partial charge in [-0.15, -0.1) is 11.3 Å². The van der Waals surface area contributed by atoms with Crippen molar-refractivity contribution in [3.05, 3.63) is 32.5 Å². The monoisotopic (exact) mass is 434 g/mol. The van der Waals surface area contributed by atoms with Gasteiger partial charge in [-0.2, -0.15) is 4.98 Å². The first-order valence-electron chi connectivity index (χ1n) is 10.0. The molecule has 3 aromatic rings. The van der Waals surface area contributed by atoms with Gasteiger partial charge in [0.15, 0.2) is 11.0 Å². The summed E-state index contributed by atoms with van der Waals surface area (Å²) in [5.74, 6) is 2.27. The Bertz CT molecular complexity index is 1050. The average Bonchev–Trinajstić information content (AvgIpc) is 3.37. The van der Waals surface area contributed by atoms with Crippen LogP contribution in [0.15, 0.2) is 14.5 Å². The Morgan fingerprint density at radius 3 is 2.97 bits per heavy atom. The number of aromatic nitrogens is 4. The molecule has 0 aromatic carbocycles. The van der Waals surface area contributed by atoms with Crippen molar-refractivity contribution in [2.45, 2.75) is 63.4 Å². The van der Waals surface area contributed by atoms with E-state index in [9.17, 15) is 4.79 Å². The third-order valence-corrected chi connectivity index (χ3v) is 7.09. The zero-order valence-corrected chi connectivity index (χ0v) is 18.7. The fourth-order valence-corrected chi connectivity index (χ4v) is 5.82. The normalized spacial score (nSPS) is 13.7. The largest absolute Gasteiger partial charge is 0.385 e. The highest BCUT2D eigenvalue weighted by Gasteiger charge is 2.23. The van der Waals surface area contributed by atoms with E-state index in [-0.39, 0.29) is 5.56 Å². The number of nitrogens with zero attached hydrogens (tertiary/aromatic N) is 4. The van der Waals surface area contributed by atoms with Crippen LogP contribution in [0.25, 0.3) is 10.2 Å². The lowest BCUT2D eigenvalue weighted by Crippen LogP contribution is -2.24. The van der Waals surface area contributed by atoms with E-state index in [1.807, 2.05) is 0 Å². The van der Waals surface area contributed by atoms with Gasteiger partial charge in [0.1, 0.15) is 4.83 Å². The van der Waals surface area contributed by atoms with Crippen LogP contribution in [0.1, 0.15) is 48.8 Å². The van der Waals surface area contributed by atoms with Gasteiger partial charge in [0, 0.05) is 31.6 Å². The average molecular weight is 435 g/mol. The van der Waals surface area contributed by atoms with Crippen molar-refractivity contribution in [2.24, 2.45) is 5.92 Å². The standard InChI is InChI=1S/C20H26N4O3S2/c1-12(2)10-15-21-16(27-23-15)11-28-20-22-18-17(13-6-4-7-14(13)29-18)19(25)24(20)8-5-9-26-3/h12H,4-11H2,1-3H3.